The molecule has 232 valence electrons. The van der Waals surface area contributed by atoms with Crippen LogP contribution < -0.4 is 5.32 Å². The van der Waals surface area contributed by atoms with Gasteiger partial charge < -0.3 is 14.8 Å². The third-order valence-electron chi connectivity index (χ3n) is 7.15. The number of anilines is 1. The van der Waals surface area contributed by atoms with Gasteiger partial charge in [-0.1, -0.05) is 26.8 Å². The fraction of sp³-hybridized carbons (Fsp3) is 0.645. The molecule has 2 unspecified atom stereocenters. The Hall–Kier alpha value is -2.56. The quantitative estimate of drug-likeness (QED) is 0.200. The van der Waals surface area contributed by atoms with Crippen molar-refractivity contribution in [3.8, 4) is 0 Å². The van der Waals surface area contributed by atoms with E-state index in [9.17, 15) is 27.4 Å². The molecule has 0 aliphatic rings. The van der Waals surface area contributed by atoms with E-state index < -0.39 is 55.0 Å². The lowest BCUT2D eigenvalue weighted by Crippen LogP contribution is -2.51. The van der Waals surface area contributed by atoms with Crippen molar-refractivity contribution in [1.29, 1.82) is 0 Å². The summed E-state index contributed by atoms with van der Waals surface area (Å²) in [5.41, 5.74) is -2.53. The Morgan fingerprint density at radius 3 is 2.02 bits per heavy atom. The van der Waals surface area contributed by atoms with Crippen molar-refractivity contribution in [2.75, 3.05) is 5.32 Å². The van der Waals surface area contributed by atoms with E-state index in [1.54, 1.807) is 74.5 Å². The summed E-state index contributed by atoms with van der Waals surface area (Å²) in [4.78, 5) is 38.7. The zero-order chi connectivity index (χ0) is 32.2. The molecule has 0 aliphatic heterocycles. The fourth-order valence-corrected chi connectivity index (χ4v) is 4.73. The Bertz CT molecular complexity index is 1250. The van der Waals surface area contributed by atoms with Gasteiger partial charge in [0.1, 0.15) is 22.4 Å². The number of ketones is 2. The maximum atomic E-state index is 13.3. The number of hydrogen-bond donors (Lipinski definition) is 2. The van der Waals surface area contributed by atoms with Crippen LogP contribution in [0.3, 0.4) is 0 Å². The van der Waals surface area contributed by atoms with Gasteiger partial charge in [0.15, 0.2) is 5.78 Å². The average molecular weight is 596 g/mol. The van der Waals surface area contributed by atoms with E-state index >= 15 is 0 Å². The van der Waals surface area contributed by atoms with Crippen LogP contribution in [0.2, 0.25) is 0 Å². The number of aryl methyl sites for hydroxylation is 1. The highest BCUT2D eigenvalue weighted by molar-refractivity contribution is 7.86. The molecule has 0 spiro atoms. The van der Waals surface area contributed by atoms with Gasteiger partial charge in [-0.05, 0) is 92.0 Å². The van der Waals surface area contributed by atoms with Crippen LogP contribution in [0.15, 0.2) is 35.4 Å². The molecule has 1 rings (SSSR count). The van der Waals surface area contributed by atoms with Crippen molar-refractivity contribution in [2.45, 2.75) is 118 Å². The Morgan fingerprint density at radius 1 is 0.976 bits per heavy atom. The number of nitrogens with one attached hydrogen (secondary N) is 1. The van der Waals surface area contributed by atoms with E-state index in [1.165, 1.54) is 18.4 Å². The molecule has 0 saturated heterocycles. The van der Waals surface area contributed by atoms with Crippen LogP contribution in [0.4, 0.5) is 5.69 Å². The predicted molar refractivity (Wildman–Crippen MR) is 160 cm³/mol. The van der Waals surface area contributed by atoms with Gasteiger partial charge in [0.25, 0.3) is 10.1 Å². The average Bonchev–Trinajstić information content (AvgIpc) is 2.76. The van der Waals surface area contributed by atoms with E-state index in [0.29, 0.717) is 5.56 Å². The normalized spacial score (nSPS) is 15.0. The molecule has 0 fully saturated rings. The van der Waals surface area contributed by atoms with Crippen LogP contribution in [0.1, 0.15) is 94.6 Å². The number of hydrogen-bond acceptors (Lipinski definition) is 7. The van der Waals surface area contributed by atoms with Gasteiger partial charge in [-0.2, -0.15) is 8.42 Å². The molecule has 2 N–H and O–H groups in total. The predicted octanol–water partition coefficient (Wildman–Crippen LogP) is 6.30. The molecule has 0 heterocycles. The zero-order valence-corrected chi connectivity index (χ0v) is 27.5. The number of Topliss-reactive ketones (excluding diaryl/α,β-unsaturated/α-hetero) is 2. The minimum atomic E-state index is -4.58. The molecule has 9 nitrogen and oxygen atoms in total. The number of carbonyl (C=O) groups is 3. The Morgan fingerprint density at radius 2 is 1.54 bits per heavy atom. The summed E-state index contributed by atoms with van der Waals surface area (Å²) in [5.74, 6) is -1.33. The molecule has 1 aromatic carbocycles. The highest BCUT2D eigenvalue weighted by Gasteiger charge is 2.47. The lowest BCUT2D eigenvalue weighted by Gasteiger charge is -2.41. The number of ether oxygens (including phenoxy) is 2. The molecule has 0 aromatic heterocycles. The molecule has 0 aliphatic carbocycles. The van der Waals surface area contributed by atoms with Crippen LogP contribution in [0, 0.1) is 23.7 Å². The van der Waals surface area contributed by atoms with Gasteiger partial charge in [-0.15, -0.1) is 0 Å². The summed E-state index contributed by atoms with van der Waals surface area (Å²) >= 11 is 0. The first-order valence-corrected chi connectivity index (χ1v) is 15.2. The minimum absolute atomic E-state index is 0.0367. The van der Waals surface area contributed by atoms with Crippen LogP contribution in [-0.2, 0) is 34.0 Å². The minimum Gasteiger partial charge on any atom is -0.495 e. The van der Waals surface area contributed by atoms with Gasteiger partial charge in [0.2, 0.25) is 5.91 Å². The smallest absolute Gasteiger partial charge is 0.296 e. The van der Waals surface area contributed by atoms with Crippen molar-refractivity contribution < 1.29 is 36.8 Å². The number of benzene rings is 1. The van der Waals surface area contributed by atoms with Crippen LogP contribution in [0.25, 0.3) is 0 Å². The highest BCUT2D eigenvalue weighted by atomic mass is 32.2. The maximum absolute atomic E-state index is 13.3. The molecule has 10 heteroatoms. The van der Waals surface area contributed by atoms with Gasteiger partial charge in [-0.3, -0.25) is 18.9 Å². The maximum Gasteiger partial charge on any atom is 0.296 e. The third-order valence-corrected chi connectivity index (χ3v) is 8.05. The van der Waals surface area contributed by atoms with Crippen LogP contribution in [0.5, 0.6) is 0 Å². The van der Waals surface area contributed by atoms with Crippen molar-refractivity contribution in [2.24, 2.45) is 16.7 Å². The van der Waals surface area contributed by atoms with Crippen LogP contribution in [-0.4, -0.2) is 47.8 Å². The first kappa shape index (κ1) is 36.5. The summed E-state index contributed by atoms with van der Waals surface area (Å²) in [7, 11) is -4.58. The number of allylic oxidation sites excluding steroid dienone is 1. The van der Waals surface area contributed by atoms with Gasteiger partial charge in [-0.25, -0.2) is 0 Å². The number of amides is 1. The molecule has 0 bridgehead atoms. The second-order valence-electron chi connectivity index (χ2n) is 13.7. The zero-order valence-electron chi connectivity index (χ0n) is 26.7. The topological polar surface area (TPSA) is 136 Å². The molecule has 2 atom stereocenters. The SMILES string of the molecule is Cc1ccc(NC(=O)CC(/C=C/OC(C)(C)C(C)(C)C(=O)C(C)OC(C)(C)C)CC(=O)C(C)(C)C)c(S(=O)(=O)O)c1. The molecule has 41 heavy (non-hydrogen) atoms. The number of rotatable bonds is 13. The van der Waals surface area contributed by atoms with Gasteiger partial charge >= 0.3 is 0 Å². The number of carbonyl (C=O) groups excluding carboxylic acids is 3. The van der Waals surface area contributed by atoms with E-state index in [-0.39, 0.29) is 30.1 Å². The Balaban J connectivity index is 3.19. The standard InChI is InChI=1S/C31H49NO8S/c1-20-13-14-23(24(17-20)41(36,37)38)32-26(34)19-22(18-25(33)28(3,4)5)15-16-39-31(11,12)30(9,10)27(35)21(2)40-29(6,7)8/h13-17,21-22H,18-19H2,1-12H3,(H,32,34)(H,36,37,38)/b16-15+. The van der Waals surface area contributed by atoms with Gasteiger partial charge in [0.05, 0.1) is 23.0 Å². The van der Waals surface area contributed by atoms with Crippen molar-refractivity contribution >= 4 is 33.3 Å². The van der Waals surface area contributed by atoms with E-state index in [2.05, 4.69) is 5.32 Å². The summed E-state index contributed by atoms with van der Waals surface area (Å²) < 4.78 is 45.2. The second kappa shape index (κ2) is 13.2. The van der Waals surface area contributed by atoms with E-state index in [1.807, 2.05) is 20.8 Å². The summed E-state index contributed by atoms with van der Waals surface area (Å²) in [6.45, 7) is 21.5. The molecule has 0 radical (unpaired) electrons. The van der Waals surface area contributed by atoms with Crippen LogP contribution >= 0.6 is 0 Å². The third kappa shape index (κ3) is 11.0. The molecule has 1 aromatic rings. The van der Waals surface area contributed by atoms with E-state index in [4.69, 9.17) is 9.47 Å². The van der Waals surface area contributed by atoms with Crippen molar-refractivity contribution in [3.63, 3.8) is 0 Å². The van der Waals surface area contributed by atoms with E-state index in [0.717, 1.165) is 0 Å². The van der Waals surface area contributed by atoms with Crippen molar-refractivity contribution in [3.05, 3.63) is 36.1 Å². The second-order valence-corrected chi connectivity index (χ2v) is 15.1. The highest BCUT2D eigenvalue weighted by Crippen LogP contribution is 2.37. The largest absolute Gasteiger partial charge is 0.495 e. The Labute approximate surface area is 246 Å². The van der Waals surface area contributed by atoms with Crippen molar-refractivity contribution in [1.82, 2.24) is 0 Å². The molecular formula is C31H49NO8S. The first-order chi connectivity index (χ1) is 18.3. The summed E-state index contributed by atoms with van der Waals surface area (Å²) in [6.07, 6.45) is 2.24. The lowest BCUT2D eigenvalue weighted by atomic mass is 9.72. The fourth-order valence-electron chi connectivity index (χ4n) is 3.99. The Kier molecular flexibility index (Phi) is 11.7. The monoisotopic (exact) mass is 595 g/mol. The lowest BCUT2D eigenvalue weighted by molar-refractivity contribution is -0.159. The first-order valence-electron chi connectivity index (χ1n) is 13.8. The van der Waals surface area contributed by atoms with Gasteiger partial charge in [0, 0.05) is 18.3 Å². The summed E-state index contributed by atoms with van der Waals surface area (Å²) in [6, 6.07) is 4.27. The molecular weight excluding hydrogens is 546 g/mol. The molecule has 0 saturated carbocycles. The molecule has 1 amide bonds. The summed E-state index contributed by atoms with van der Waals surface area (Å²) in [5, 5.41) is 2.54.